The van der Waals surface area contributed by atoms with Gasteiger partial charge in [0.25, 0.3) is 5.91 Å². The van der Waals surface area contributed by atoms with Crippen LogP contribution < -0.4 is 4.74 Å². The number of likely N-dealkylation sites (tertiary alicyclic amines) is 2. The molecule has 132 valence electrons. The molecule has 3 rings (SSSR count). The fraction of sp³-hybridized carbons (Fsp3) is 0.632. The van der Waals surface area contributed by atoms with Crippen LogP contribution in [0.1, 0.15) is 44.3 Å². The Morgan fingerprint density at radius 1 is 1.25 bits per heavy atom. The number of nitrogens with zero attached hydrogens (tertiary/aromatic N) is 2. The van der Waals surface area contributed by atoms with E-state index in [9.17, 15) is 9.90 Å². The zero-order valence-electron chi connectivity index (χ0n) is 14.6. The number of carbonyl (C=O) groups excluding carboxylic acids is 1. The van der Waals surface area contributed by atoms with Crippen molar-refractivity contribution in [1.82, 2.24) is 9.80 Å². The molecule has 0 bridgehead atoms. The van der Waals surface area contributed by atoms with E-state index in [4.69, 9.17) is 4.74 Å². The minimum absolute atomic E-state index is 0.198. The van der Waals surface area contributed by atoms with Gasteiger partial charge in [0.15, 0.2) is 6.10 Å². The predicted molar refractivity (Wildman–Crippen MR) is 93.0 cm³/mol. The van der Waals surface area contributed by atoms with Crippen LogP contribution in [-0.2, 0) is 4.79 Å². The number of aliphatic hydroxyl groups excluding tert-OH is 1. The van der Waals surface area contributed by atoms with E-state index in [2.05, 4.69) is 11.8 Å². The Morgan fingerprint density at radius 2 is 2.00 bits per heavy atom. The van der Waals surface area contributed by atoms with E-state index in [1.54, 1.807) is 30.2 Å². The van der Waals surface area contributed by atoms with Crippen molar-refractivity contribution in [2.24, 2.45) is 0 Å². The fourth-order valence-electron chi connectivity index (χ4n) is 4.04. The van der Waals surface area contributed by atoms with Crippen LogP contribution in [0.4, 0.5) is 0 Å². The summed E-state index contributed by atoms with van der Waals surface area (Å²) < 4.78 is 5.17. The summed E-state index contributed by atoms with van der Waals surface area (Å²) in [6, 6.07) is 8.35. The number of amides is 1. The quantitative estimate of drug-likeness (QED) is 0.918. The first-order valence-corrected chi connectivity index (χ1v) is 8.96. The van der Waals surface area contributed by atoms with E-state index in [1.807, 2.05) is 6.07 Å². The van der Waals surface area contributed by atoms with Crippen LogP contribution >= 0.6 is 0 Å². The van der Waals surface area contributed by atoms with Gasteiger partial charge < -0.3 is 14.7 Å². The van der Waals surface area contributed by atoms with Crippen molar-refractivity contribution in [1.29, 1.82) is 0 Å². The largest absolute Gasteiger partial charge is 0.497 e. The third-order valence-electron chi connectivity index (χ3n) is 5.49. The van der Waals surface area contributed by atoms with E-state index in [0.717, 1.165) is 25.9 Å². The van der Waals surface area contributed by atoms with Crippen LogP contribution in [0.25, 0.3) is 0 Å². The lowest BCUT2D eigenvalue weighted by Crippen LogP contribution is -2.48. The molecule has 24 heavy (non-hydrogen) atoms. The van der Waals surface area contributed by atoms with Crippen molar-refractivity contribution >= 4 is 5.91 Å². The molecule has 2 fully saturated rings. The summed E-state index contributed by atoms with van der Waals surface area (Å²) in [5.41, 5.74) is 0.592. The van der Waals surface area contributed by atoms with Gasteiger partial charge in [-0.2, -0.15) is 0 Å². The SMILES string of the molecule is COc1cccc(C(O)C(=O)N2CCC(N3CCCC3C)CC2)c1. The third-order valence-corrected chi connectivity index (χ3v) is 5.49. The number of ether oxygens (including phenoxy) is 1. The van der Waals surface area contributed by atoms with Crippen LogP contribution in [0.5, 0.6) is 5.75 Å². The highest BCUT2D eigenvalue weighted by Gasteiger charge is 2.33. The third kappa shape index (κ3) is 3.57. The molecule has 0 radical (unpaired) electrons. The first-order valence-electron chi connectivity index (χ1n) is 8.96. The first-order chi connectivity index (χ1) is 11.6. The first kappa shape index (κ1) is 17.2. The number of piperidine rings is 1. The maximum absolute atomic E-state index is 12.6. The van der Waals surface area contributed by atoms with Crippen LogP contribution in [-0.4, -0.2) is 59.6 Å². The molecule has 1 aromatic carbocycles. The lowest BCUT2D eigenvalue weighted by atomic mass is 10.0. The Kier molecular flexibility index (Phi) is 5.41. The van der Waals surface area contributed by atoms with E-state index in [0.29, 0.717) is 23.4 Å². The molecular weight excluding hydrogens is 304 g/mol. The molecule has 1 amide bonds. The molecule has 2 aliphatic heterocycles. The number of hydrogen-bond acceptors (Lipinski definition) is 4. The molecule has 0 saturated carbocycles. The molecule has 2 atom stereocenters. The molecule has 1 aromatic rings. The Bertz CT molecular complexity index is 569. The minimum Gasteiger partial charge on any atom is -0.497 e. The Morgan fingerprint density at radius 3 is 2.62 bits per heavy atom. The second kappa shape index (κ2) is 7.53. The van der Waals surface area contributed by atoms with Gasteiger partial charge in [0, 0.05) is 25.2 Å². The zero-order chi connectivity index (χ0) is 17.1. The number of carbonyl (C=O) groups is 1. The number of rotatable bonds is 4. The van der Waals surface area contributed by atoms with E-state index < -0.39 is 6.10 Å². The number of methoxy groups -OCH3 is 1. The summed E-state index contributed by atoms with van der Waals surface area (Å²) in [4.78, 5) is 17.0. The van der Waals surface area contributed by atoms with Crippen molar-refractivity contribution in [3.8, 4) is 5.75 Å². The van der Waals surface area contributed by atoms with Gasteiger partial charge in [-0.05, 0) is 56.8 Å². The summed E-state index contributed by atoms with van der Waals surface area (Å²) >= 11 is 0. The summed E-state index contributed by atoms with van der Waals surface area (Å²) in [5.74, 6) is 0.456. The molecule has 2 heterocycles. The van der Waals surface area contributed by atoms with Crippen LogP contribution in [0, 0.1) is 0 Å². The van der Waals surface area contributed by atoms with Gasteiger partial charge in [-0.3, -0.25) is 9.69 Å². The Hall–Kier alpha value is -1.59. The second-order valence-corrected chi connectivity index (χ2v) is 6.96. The molecule has 0 aliphatic carbocycles. The van der Waals surface area contributed by atoms with Crippen molar-refractivity contribution in [2.75, 3.05) is 26.7 Å². The Labute approximate surface area is 144 Å². The van der Waals surface area contributed by atoms with Crippen LogP contribution in [0.3, 0.4) is 0 Å². The molecular formula is C19H28N2O3. The maximum Gasteiger partial charge on any atom is 0.256 e. The average Bonchev–Trinajstić information content (AvgIpc) is 3.06. The summed E-state index contributed by atoms with van der Waals surface area (Å²) in [6.45, 7) is 4.95. The molecule has 1 N–H and O–H groups in total. The molecule has 2 aliphatic rings. The second-order valence-electron chi connectivity index (χ2n) is 6.96. The molecule has 2 unspecified atom stereocenters. The standard InChI is InChI=1S/C19H28N2O3/c1-14-5-4-10-21(14)16-8-11-20(12-9-16)19(23)18(22)15-6-3-7-17(13-15)24-2/h3,6-7,13-14,16,18,22H,4-5,8-12H2,1-2H3. The predicted octanol–water partition coefficient (Wildman–Crippen LogP) is 2.20. The van der Waals surface area contributed by atoms with E-state index in [1.165, 1.54) is 19.4 Å². The molecule has 2 saturated heterocycles. The molecule has 5 heteroatoms. The van der Waals surface area contributed by atoms with Gasteiger partial charge in [0.1, 0.15) is 5.75 Å². The average molecular weight is 332 g/mol. The van der Waals surface area contributed by atoms with Gasteiger partial charge in [-0.15, -0.1) is 0 Å². The number of aliphatic hydroxyl groups is 1. The summed E-state index contributed by atoms with van der Waals surface area (Å²) in [7, 11) is 1.58. The minimum atomic E-state index is -1.11. The fourth-order valence-corrected chi connectivity index (χ4v) is 4.04. The number of benzene rings is 1. The van der Waals surface area contributed by atoms with Gasteiger partial charge in [0.05, 0.1) is 7.11 Å². The lowest BCUT2D eigenvalue weighted by molar-refractivity contribution is -0.142. The molecule has 0 spiro atoms. The van der Waals surface area contributed by atoms with Crippen molar-refractivity contribution < 1.29 is 14.6 Å². The highest BCUT2D eigenvalue weighted by Crippen LogP contribution is 2.27. The normalized spacial score (nSPS) is 24.1. The molecule has 5 nitrogen and oxygen atoms in total. The monoisotopic (exact) mass is 332 g/mol. The maximum atomic E-state index is 12.6. The Balaban J connectivity index is 1.58. The molecule has 0 aromatic heterocycles. The van der Waals surface area contributed by atoms with E-state index >= 15 is 0 Å². The zero-order valence-corrected chi connectivity index (χ0v) is 14.6. The van der Waals surface area contributed by atoms with Crippen molar-refractivity contribution in [3.63, 3.8) is 0 Å². The van der Waals surface area contributed by atoms with E-state index in [-0.39, 0.29) is 5.91 Å². The van der Waals surface area contributed by atoms with Crippen molar-refractivity contribution in [3.05, 3.63) is 29.8 Å². The van der Waals surface area contributed by atoms with Gasteiger partial charge in [0.2, 0.25) is 0 Å². The van der Waals surface area contributed by atoms with Crippen LogP contribution in [0.15, 0.2) is 24.3 Å². The van der Waals surface area contributed by atoms with Crippen molar-refractivity contribution in [2.45, 2.75) is 50.8 Å². The smallest absolute Gasteiger partial charge is 0.256 e. The topological polar surface area (TPSA) is 53.0 Å². The van der Waals surface area contributed by atoms with Gasteiger partial charge >= 0.3 is 0 Å². The van der Waals surface area contributed by atoms with Crippen LogP contribution in [0.2, 0.25) is 0 Å². The summed E-state index contributed by atoms with van der Waals surface area (Å²) in [5, 5.41) is 10.4. The highest BCUT2D eigenvalue weighted by molar-refractivity contribution is 5.82. The number of hydrogen-bond donors (Lipinski definition) is 1. The summed E-state index contributed by atoms with van der Waals surface area (Å²) in [6.07, 6.45) is 3.46. The lowest BCUT2D eigenvalue weighted by Gasteiger charge is -2.39. The van der Waals surface area contributed by atoms with Gasteiger partial charge in [-0.1, -0.05) is 12.1 Å². The van der Waals surface area contributed by atoms with Gasteiger partial charge in [-0.25, -0.2) is 0 Å². The highest BCUT2D eigenvalue weighted by atomic mass is 16.5.